The van der Waals surface area contributed by atoms with Gasteiger partial charge in [0.25, 0.3) is 0 Å². The van der Waals surface area contributed by atoms with E-state index in [1.165, 1.54) is 24.9 Å². The van der Waals surface area contributed by atoms with E-state index in [4.69, 9.17) is 0 Å². The van der Waals surface area contributed by atoms with Gasteiger partial charge in [0.15, 0.2) is 4.99 Å². The highest BCUT2D eigenvalue weighted by molar-refractivity contribution is 8.00. The predicted octanol–water partition coefficient (Wildman–Crippen LogP) is 8.02. The molecule has 6 rings (SSSR count). The van der Waals surface area contributed by atoms with Crippen LogP contribution >= 0.6 is 11.8 Å². The van der Waals surface area contributed by atoms with Crippen LogP contribution in [0.1, 0.15) is 55.6 Å². The summed E-state index contributed by atoms with van der Waals surface area (Å²) in [6.07, 6.45) is 4.67. The van der Waals surface area contributed by atoms with E-state index in [9.17, 15) is 14.7 Å². The number of thioether (sulfide) groups is 1. The quantitative estimate of drug-likeness (QED) is 0.128. The molecule has 0 aliphatic carbocycles. The molecular weight excluding hydrogens is 593 g/mol. The van der Waals surface area contributed by atoms with Crippen LogP contribution in [0.5, 0.6) is 0 Å². The molecule has 1 fully saturated rings. The Kier molecular flexibility index (Phi) is 10.1. The SMILES string of the molecule is O=C(O)CC1(SCCCN(C(=O)CC(c2ccccc2)c2ccccc2)c2ccc(N3CCCCC3)cc2)Nc2ccccc2N1. The van der Waals surface area contributed by atoms with Gasteiger partial charge in [-0.15, -0.1) is 11.8 Å². The Morgan fingerprint density at radius 1 is 0.783 bits per heavy atom. The number of benzene rings is 4. The smallest absolute Gasteiger partial charge is 0.308 e. The molecule has 2 heterocycles. The molecule has 0 radical (unpaired) electrons. The van der Waals surface area contributed by atoms with Crippen molar-refractivity contribution >= 4 is 46.4 Å². The van der Waals surface area contributed by atoms with Gasteiger partial charge >= 0.3 is 5.97 Å². The summed E-state index contributed by atoms with van der Waals surface area (Å²) in [4.78, 5) is 29.7. The molecule has 8 heteroatoms. The number of amides is 1. The lowest BCUT2D eigenvalue weighted by Crippen LogP contribution is -2.41. The second kappa shape index (κ2) is 14.8. The molecule has 4 aromatic rings. The molecule has 0 bridgehead atoms. The Morgan fingerprint density at radius 2 is 1.35 bits per heavy atom. The van der Waals surface area contributed by atoms with Crippen molar-refractivity contribution in [2.45, 2.75) is 49.4 Å². The number of aliphatic carboxylic acids is 1. The number of nitrogens with zero attached hydrogens (tertiary/aromatic N) is 2. The molecule has 0 unspecified atom stereocenters. The number of carbonyl (C=O) groups excluding carboxylic acids is 1. The highest BCUT2D eigenvalue weighted by atomic mass is 32.2. The van der Waals surface area contributed by atoms with Crippen LogP contribution in [0.3, 0.4) is 0 Å². The number of para-hydroxylation sites is 2. The maximum atomic E-state index is 14.3. The number of fused-ring (bicyclic) bond motifs is 1. The second-order valence-corrected chi connectivity index (χ2v) is 13.5. The summed E-state index contributed by atoms with van der Waals surface area (Å²) in [5.41, 5.74) is 6.12. The maximum Gasteiger partial charge on any atom is 0.308 e. The van der Waals surface area contributed by atoms with E-state index in [-0.39, 0.29) is 18.2 Å². The first-order chi connectivity index (χ1) is 22.5. The third kappa shape index (κ3) is 7.68. The van der Waals surface area contributed by atoms with Crippen LogP contribution in [-0.2, 0) is 9.59 Å². The zero-order valence-corrected chi connectivity index (χ0v) is 26.9. The Balaban J connectivity index is 1.20. The third-order valence-corrected chi connectivity index (χ3v) is 10.2. The number of hydrogen-bond acceptors (Lipinski definition) is 6. The van der Waals surface area contributed by atoms with Gasteiger partial charge in [0.2, 0.25) is 5.91 Å². The third-order valence-electron chi connectivity index (χ3n) is 8.84. The van der Waals surface area contributed by atoms with Crippen LogP contribution in [0, 0.1) is 0 Å². The molecule has 7 nitrogen and oxygen atoms in total. The number of hydrogen-bond donors (Lipinski definition) is 3. The molecule has 1 amide bonds. The highest BCUT2D eigenvalue weighted by Gasteiger charge is 2.38. The molecule has 0 atom stereocenters. The lowest BCUT2D eigenvalue weighted by molar-refractivity contribution is -0.137. The van der Waals surface area contributed by atoms with Gasteiger partial charge in [-0.25, -0.2) is 0 Å². The van der Waals surface area contributed by atoms with E-state index in [0.717, 1.165) is 41.3 Å². The van der Waals surface area contributed by atoms with Crippen LogP contribution in [0.4, 0.5) is 22.7 Å². The molecule has 46 heavy (non-hydrogen) atoms. The molecule has 0 saturated carbocycles. The summed E-state index contributed by atoms with van der Waals surface area (Å²) in [6, 6.07) is 36.8. The van der Waals surface area contributed by atoms with E-state index in [2.05, 4.69) is 64.1 Å². The normalized spacial score (nSPS) is 15.1. The Bertz CT molecular complexity index is 1530. The Hall–Kier alpha value is -4.43. The zero-order valence-electron chi connectivity index (χ0n) is 26.1. The van der Waals surface area contributed by atoms with Gasteiger partial charge < -0.3 is 25.5 Å². The summed E-state index contributed by atoms with van der Waals surface area (Å²) in [6.45, 7) is 2.67. The summed E-state index contributed by atoms with van der Waals surface area (Å²) < 4.78 is 0. The van der Waals surface area contributed by atoms with Gasteiger partial charge in [0.1, 0.15) is 0 Å². The predicted molar refractivity (Wildman–Crippen MR) is 190 cm³/mol. The first-order valence-corrected chi connectivity index (χ1v) is 17.2. The van der Waals surface area contributed by atoms with Crippen LogP contribution in [0.2, 0.25) is 0 Å². The number of nitrogens with one attached hydrogen (secondary N) is 2. The average Bonchev–Trinajstić information content (AvgIpc) is 3.46. The van der Waals surface area contributed by atoms with E-state index in [1.54, 1.807) is 11.8 Å². The average molecular weight is 635 g/mol. The zero-order chi connectivity index (χ0) is 31.8. The van der Waals surface area contributed by atoms with Crippen LogP contribution in [-0.4, -0.2) is 47.4 Å². The van der Waals surface area contributed by atoms with Gasteiger partial charge in [-0.3, -0.25) is 9.59 Å². The highest BCUT2D eigenvalue weighted by Crippen LogP contribution is 2.42. The number of carbonyl (C=O) groups is 2. The lowest BCUT2D eigenvalue weighted by atomic mass is 9.88. The first-order valence-electron chi connectivity index (χ1n) is 16.3. The van der Waals surface area contributed by atoms with Gasteiger partial charge in [0, 0.05) is 43.3 Å². The van der Waals surface area contributed by atoms with Crippen molar-refractivity contribution in [3.8, 4) is 0 Å². The molecule has 4 aromatic carbocycles. The van der Waals surface area contributed by atoms with Crippen molar-refractivity contribution in [2.75, 3.05) is 45.8 Å². The summed E-state index contributed by atoms with van der Waals surface area (Å²) >= 11 is 1.55. The fraction of sp³-hybridized carbons (Fsp3) is 0.316. The molecule has 0 aromatic heterocycles. The fourth-order valence-corrected chi connectivity index (χ4v) is 7.75. The minimum Gasteiger partial charge on any atom is -0.481 e. The monoisotopic (exact) mass is 634 g/mol. The van der Waals surface area contributed by atoms with E-state index in [0.29, 0.717) is 25.1 Å². The van der Waals surface area contributed by atoms with E-state index in [1.807, 2.05) is 65.6 Å². The topological polar surface area (TPSA) is 84.9 Å². The number of piperidine rings is 1. The molecular formula is C38H42N4O3S. The number of carboxylic acids is 1. The first kappa shape index (κ1) is 31.5. The van der Waals surface area contributed by atoms with Crippen molar-refractivity contribution in [1.29, 1.82) is 0 Å². The standard InChI is InChI=1S/C38H42N4O3S/c43-36(27-33(29-13-4-1-5-14-29)30-15-6-2-7-16-30)42(32-21-19-31(20-22-32)41-23-10-3-11-24-41)25-12-26-46-38(28-37(44)45)39-34-17-8-9-18-35(34)40-38/h1-2,4-9,13-22,33,39-40H,3,10-12,23-28H2,(H,44,45). The number of rotatable bonds is 13. The number of carboxylic acid groups (broad SMARTS) is 1. The van der Waals surface area contributed by atoms with E-state index >= 15 is 0 Å². The summed E-state index contributed by atoms with van der Waals surface area (Å²) in [5, 5.41) is 16.5. The lowest BCUT2D eigenvalue weighted by Gasteiger charge is -2.31. The van der Waals surface area contributed by atoms with Crippen molar-refractivity contribution in [2.24, 2.45) is 0 Å². The Labute approximate surface area is 276 Å². The van der Waals surface area contributed by atoms with Crippen LogP contribution in [0.25, 0.3) is 0 Å². The summed E-state index contributed by atoms with van der Waals surface area (Å²) in [7, 11) is 0. The van der Waals surface area contributed by atoms with Crippen molar-refractivity contribution in [3.63, 3.8) is 0 Å². The van der Waals surface area contributed by atoms with Crippen molar-refractivity contribution < 1.29 is 14.7 Å². The van der Waals surface area contributed by atoms with Gasteiger partial charge in [-0.05, 0) is 79.0 Å². The molecule has 1 saturated heterocycles. The minimum absolute atomic E-state index is 0.0661. The molecule has 2 aliphatic heterocycles. The Morgan fingerprint density at radius 3 is 1.91 bits per heavy atom. The molecule has 2 aliphatic rings. The fourth-order valence-electron chi connectivity index (χ4n) is 6.54. The molecule has 238 valence electrons. The van der Waals surface area contributed by atoms with Crippen molar-refractivity contribution in [1.82, 2.24) is 0 Å². The van der Waals surface area contributed by atoms with Crippen molar-refractivity contribution in [3.05, 3.63) is 120 Å². The molecule has 0 spiro atoms. The largest absolute Gasteiger partial charge is 0.481 e. The van der Waals surface area contributed by atoms with Gasteiger partial charge in [-0.2, -0.15) is 0 Å². The summed E-state index contributed by atoms with van der Waals surface area (Å²) in [5.74, 6) is -0.210. The number of anilines is 4. The molecule has 3 N–H and O–H groups in total. The van der Waals surface area contributed by atoms with Gasteiger partial charge in [0.05, 0.1) is 17.8 Å². The van der Waals surface area contributed by atoms with Gasteiger partial charge in [-0.1, -0.05) is 72.8 Å². The minimum atomic E-state index is -0.876. The van der Waals surface area contributed by atoms with E-state index < -0.39 is 11.0 Å². The van der Waals surface area contributed by atoms with Crippen LogP contribution in [0.15, 0.2) is 109 Å². The van der Waals surface area contributed by atoms with Crippen LogP contribution < -0.4 is 20.4 Å². The maximum absolute atomic E-state index is 14.3. The second-order valence-electron chi connectivity index (χ2n) is 12.1.